The van der Waals surface area contributed by atoms with Crippen molar-refractivity contribution in [1.82, 2.24) is 14.5 Å². The topological polar surface area (TPSA) is 30.7 Å². The van der Waals surface area contributed by atoms with E-state index in [2.05, 4.69) is 25.9 Å². The fraction of sp³-hybridized carbons (Fsp3) is 0.231. The molecule has 104 valence electrons. The van der Waals surface area contributed by atoms with E-state index in [1.54, 1.807) is 22.9 Å². The van der Waals surface area contributed by atoms with Crippen LogP contribution in [0.5, 0.6) is 0 Å². The highest BCUT2D eigenvalue weighted by atomic mass is 79.9. The molecular formula is C13H10BrClFN3S. The molecule has 7 heteroatoms. The van der Waals surface area contributed by atoms with Crippen molar-refractivity contribution in [2.45, 2.75) is 18.8 Å². The molecule has 0 unspecified atom stereocenters. The molecule has 0 spiro atoms. The van der Waals surface area contributed by atoms with E-state index < -0.39 is 0 Å². The summed E-state index contributed by atoms with van der Waals surface area (Å²) in [7, 11) is 0. The third-order valence-electron chi connectivity index (χ3n) is 3.06. The first-order valence-electron chi connectivity index (χ1n) is 5.96. The van der Waals surface area contributed by atoms with Gasteiger partial charge in [-0.1, -0.05) is 0 Å². The number of benzene rings is 1. The van der Waals surface area contributed by atoms with Gasteiger partial charge in [-0.25, -0.2) is 14.4 Å². The SMILES string of the molecule is Fc1cc2c(cc1Br)nc(CCl)n2CCc1cscn1. The van der Waals surface area contributed by atoms with Gasteiger partial charge in [0.2, 0.25) is 0 Å². The van der Waals surface area contributed by atoms with Crippen LogP contribution in [-0.2, 0) is 18.8 Å². The molecule has 0 saturated heterocycles. The second-order valence-electron chi connectivity index (χ2n) is 4.30. The molecule has 3 rings (SSSR count). The normalized spacial score (nSPS) is 11.3. The van der Waals surface area contributed by atoms with Gasteiger partial charge >= 0.3 is 0 Å². The highest BCUT2D eigenvalue weighted by molar-refractivity contribution is 9.10. The maximum Gasteiger partial charge on any atom is 0.139 e. The second-order valence-corrected chi connectivity index (χ2v) is 6.14. The van der Waals surface area contributed by atoms with Crippen molar-refractivity contribution < 1.29 is 4.39 Å². The number of hydrogen-bond acceptors (Lipinski definition) is 3. The summed E-state index contributed by atoms with van der Waals surface area (Å²) in [5, 5.41) is 2.01. The minimum Gasteiger partial charge on any atom is -0.326 e. The fourth-order valence-corrected chi connectivity index (χ4v) is 3.24. The number of aryl methyl sites for hydroxylation is 2. The molecule has 0 aliphatic rings. The molecular weight excluding hydrogens is 365 g/mol. The maximum absolute atomic E-state index is 13.7. The Morgan fingerprint density at radius 1 is 1.40 bits per heavy atom. The van der Waals surface area contributed by atoms with Gasteiger partial charge in [-0.05, 0) is 22.0 Å². The van der Waals surface area contributed by atoms with Gasteiger partial charge in [-0.15, -0.1) is 22.9 Å². The molecule has 0 fully saturated rings. The van der Waals surface area contributed by atoms with Crippen LogP contribution in [0.2, 0.25) is 0 Å². The molecule has 0 N–H and O–H groups in total. The number of thiazole rings is 1. The van der Waals surface area contributed by atoms with E-state index in [0.717, 1.165) is 29.0 Å². The molecule has 0 saturated carbocycles. The van der Waals surface area contributed by atoms with Crippen LogP contribution in [0.1, 0.15) is 11.5 Å². The van der Waals surface area contributed by atoms with Crippen LogP contribution in [0.4, 0.5) is 4.39 Å². The Kier molecular flexibility index (Phi) is 4.05. The minimum absolute atomic E-state index is 0.297. The highest BCUT2D eigenvalue weighted by Gasteiger charge is 2.13. The van der Waals surface area contributed by atoms with Gasteiger partial charge in [0.15, 0.2) is 0 Å². The standard InChI is InChI=1S/C13H10BrClFN3S/c14-9-3-11-12(4-10(9)16)19(13(5-15)18-11)2-1-8-6-20-7-17-8/h3-4,6-7H,1-2,5H2. The van der Waals surface area contributed by atoms with Crippen LogP contribution in [0.3, 0.4) is 0 Å². The van der Waals surface area contributed by atoms with E-state index in [4.69, 9.17) is 11.6 Å². The van der Waals surface area contributed by atoms with E-state index in [1.165, 1.54) is 6.07 Å². The van der Waals surface area contributed by atoms with Gasteiger partial charge in [-0.3, -0.25) is 0 Å². The van der Waals surface area contributed by atoms with E-state index in [9.17, 15) is 4.39 Å². The van der Waals surface area contributed by atoms with Gasteiger partial charge in [0.25, 0.3) is 0 Å². The zero-order valence-corrected chi connectivity index (χ0v) is 13.5. The lowest BCUT2D eigenvalue weighted by atomic mass is 10.3. The molecule has 2 heterocycles. The van der Waals surface area contributed by atoms with Crippen LogP contribution in [0.15, 0.2) is 27.5 Å². The first kappa shape index (κ1) is 14.0. The molecule has 1 aromatic carbocycles. The Morgan fingerprint density at radius 3 is 2.95 bits per heavy atom. The quantitative estimate of drug-likeness (QED) is 0.635. The van der Waals surface area contributed by atoms with Gasteiger partial charge < -0.3 is 4.57 Å². The van der Waals surface area contributed by atoms with E-state index in [-0.39, 0.29) is 5.82 Å². The van der Waals surface area contributed by atoms with E-state index >= 15 is 0 Å². The van der Waals surface area contributed by atoms with Crippen LogP contribution in [0.25, 0.3) is 11.0 Å². The monoisotopic (exact) mass is 373 g/mol. The molecule has 20 heavy (non-hydrogen) atoms. The van der Waals surface area contributed by atoms with Crippen molar-refractivity contribution in [1.29, 1.82) is 0 Å². The number of nitrogens with zero attached hydrogens (tertiary/aromatic N) is 3. The highest BCUT2D eigenvalue weighted by Crippen LogP contribution is 2.25. The van der Waals surface area contributed by atoms with Gasteiger partial charge in [0.1, 0.15) is 11.6 Å². The Labute approximate surface area is 132 Å². The molecule has 0 atom stereocenters. The summed E-state index contributed by atoms with van der Waals surface area (Å²) in [6, 6.07) is 3.17. The number of imidazole rings is 1. The molecule has 2 aromatic heterocycles. The summed E-state index contributed by atoms with van der Waals surface area (Å²) >= 11 is 10.7. The van der Waals surface area contributed by atoms with Crippen molar-refractivity contribution >= 4 is 49.9 Å². The first-order chi connectivity index (χ1) is 9.69. The summed E-state index contributed by atoms with van der Waals surface area (Å²) in [4.78, 5) is 8.70. The number of fused-ring (bicyclic) bond motifs is 1. The third-order valence-corrected chi connectivity index (χ3v) is 4.55. The van der Waals surface area contributed by atoms with Crippen molar-refractivity contribution in [3.8, 4) is 0 Å². The van der Waals surface area contributed by atoms with Crippen molar-refractivity contribution in [3.05, 3.63) is 44.8 Å². The van der Waals surface area contributed by atoms with E-state index in [1.807, 2.05) is 9.95 Å². The van der Waals surface area contributed by atoms with Gasteiger partial charge in [0, 0.05) is 24.4 Å². The average molecular weight is 375 g/mol. The lowest BCUT2D eigenvalue weighted by Crippen LogP contribution is -2.05. The van der Waals surface area contributed by atoms with Crippen LogP contribution in [0, 0.1) is 5.82 Å². The predicted molar refractivity (Wildman–Crippen MR) is 82.8 cm³/mol. The molecule has 0 bridgehead atoms. The maximum atomic E-state index is 13.7. The number of hydrogen-bond donors (Lipinski definition) is 0. The predicted octanol–water partition coefficient (Wildman–Crippen LogP) is 4.38. The smallest absolute Gasteiger partial charge is 0.139 e. The molecule has 0 radical (unpaired) electrons. The molecule has 0 aliphatic heterocycles. The average Bonchev–Trinajstić information content (AvgIpc) is 3.05. The molecule has 0 aliphatic carbocycles. The van der Waals surface area contributed by atoms with Crippen molar-refractivity contribution in [2.75, 3.05) is 0 Å². The van der Waals surface area contributed by atoms with E-state index in [0.29, 0.717) is 16.9 Å². The zero-order chi connectivity index (χ0) is 14.1. The summed E-state index contributed by atoms with van der Waals surface area (Å²) in [5.41, 5.74) is 4.33. The number of rotatable bonds is 4. The lowest BCUT2D eigenvalue weighted by molar-refractivity contribution is 0.620. The Hall–Kier alpha value is -0.980. The summed E-state index contributed by atoms with van der Waals surface area (Å²) < 4.78 is 16.1. The number of alkyl halides is 1. The number of aromatic nitrogens is 3. The third kappa shape index (κ3) is 2.60. The number of halogens is 3. The van der Waals surface area contributed by atoms with Crippen LogP contribution in [-0.4, -0.2) is 14.5 Å². The van der Waals surface area contributed by atoms with Gasteiger partial charge in [0.05, 0.1) is 32.6 Å². The van der Waals surface area contributed by atoms with Crippen molar-refractivity contribution in [2.24, 2.45) is 0 Å². The zero-order valence-electron chi connectivity index (χ0n) is 10.3. The Bertz CT molecular complexity index is 742. The fourth-order valence-electron chi connectivity index (χ4n) is 2.11. The largest absolute Gasteiger partial charge is 0.326 e. The second kappa shape index (κ2) is 5.79. The molecule has 3 nitrogen and oxygen atoms in total. The summed E-state index contributed by atoms with van der Waals surface area (Å²) in [6.07, 6.45) is 0.774. The van der Waals surface area contributed by atoms with Crippen molar-refractivity contribution in [3.63, 3.8) is 0 Å². The molecule has 0 amide bonds. The lowest BCUT2D eigenvalue weighted by Gasteiger charge is -2.06. The first-order valence-corrected chi connectivity index (χ1v) is 8.23. The Balaban J connectivity index is 2.01. The minimum atomic E-state index is -0.298. The summed E-state index contributed by atoms with van der Waals surface area (Å²) in [6.45, 7) is 0.684. The summed E-state index contributed by atoms with van der Waals surface area (Å²) in [5.74, 6) is 0.744. The van der Waals surface area contributed by atoms with Gasteiger partial charge in [-0.2, -0.15) is 0 Å². The van der Waals surface area contributed by atoms with Crippen LogP contribution >= 0.6 is 38.9 Å². The molecule has 3 aromatic rings. The Morgan fingerprint density at radius 2 is 2.25 bits per heavy atom. The van der Waals surface area contributed by atoms with Crippen LogP contribution < -0.4 is 0 Å².